The van der Waals surface area contributed by atoms with Gasteiger partial charge in [0.2, 0.25) is 0 Å². The number of anilines is 1. The minimum absolute atomic E-state index is 0.0315. The Morgan fingerprint density at radius 1 is 1.10 bits per heavy atom. The summed E-state index contributed by atoms with van der Waals surface area (Å²) in [5, 5.41) is 13.9. The molecule has 4 rings (SSSR count). The predicted molar refractivity (Wildman–Crippen MR) is 123 cm³/mol. The van der Waals surface area contributed by atoms with Crippen LogP contribution in [0.5, 0.6) is 0 Å². The fraction of sp³-hybridized carbons (Fsp3) is 0.0800. The maximum absolute atomic E-state index is 12.5. The van der Waals surface area contributed by atoms with Crippen LogP contribution in [0.15, 0.2) is 86.8 Å². The Bertz CT molecular complexity index is 1340. The van der Waals surface area contributed by atoms with Crippen molar-refractivity contribution in [3.05, 3.63) is 89.3 Å². The van der Waals surface area contributed by atoms with E-state index in [1.165, 1.54) is 17.8 Å². The van der Waals surface area contributed by atoms with E-state index in [2.05, 4.69) is 10.3 Å². The molecule has 2 aromatic heterocycles. The number of hydrogen-bond donors (Lipinski definition) is 1. The summed E-state index contributed by atoms with van der Waals surface area (Å²) in [7, 11) is 0. The first-order valence-corrected chi connectivity index (χ1v) is 10.5. The zero-order valence-electron chi connectivity index (χ0n) is 17.0. The Balaban J connectivity index is 1.52. The molecule has 0 atom stereocenters. The zero-order valence-corrected chi connectivity index (χ0v) is 17.9. The van der Waals surface area contributed by atoms with Crippen molar-refractivity contribution in [2.24, 2.45) is 0 Å². The van der Waals surface area contributed by atoms with Crippen molar-refractivity contribution in [3.63, 3.8) is 0 Å². The van der Waals surface area contributed by atoms with Gasteiger partial charge in [-0.05, 0) is 73.1 Å². The third-order valence-corrected chi connectivity index (χ3v) is 5.79. The number of benzene rings is 2. The van der Waals surface area contributed by atoms with Gasteiger partial charge < -0.3 is 9.73 Å². The van der Waals surface area contributed by atoms with Crippen molar-refractivity contribution in [1.82, 2.24) is 4.98 Å². The average Bonchev–Trinajstić information content (AvgIpc) is 3.22. The van der Waals surface area contributed by atoms with Crippen LogP contribution in [0.3, 0.4) is 0 Å². The molecule has 0 radical (unpaired) electrons. The second-order valence-corrected chi connectivity index (χ2v) is 8.06. The Hall–Kier alpha value is -3.82. The van der Waals surface area contributed by atoms with Gasteiger partial charge in [0, 0.05) is 28.2 Å². The molecule has 5 nitrogen and oxygen atoms in total. The summed E-state index contributed by atoms with van der Waals surface area (Å²) >= 11 is 1.44. The van der Waals surface area contributed by atoms with Crippen LogP contribution in [-0.4, -0.2) is 10.9 Å². The molecular formula is C25H19N3O2S. The van der Waals surface area contributed by atoms with Crippen molar-refractivity contribution in [2.45, 2.75) is 23.8 Å². The number of nitrogens with zero attached hydrogens (tertiary/aromatic N) is 2. The topological polar surface area (TPSA) is 78.9 Å². The predicted octanol–water partition coefficient (Wildman–Crippen LogP) is 6.14. The lowest BCUT2D eigenvalue weighted by atomic mass is 10.1. The molecule has 1 N–H and O–H groups in total. The van der Waals surface area contributed by atoms with E-state index in [9.17, 15) is 10.1 Å². The first kappa shape index (κ1) is 20.5. The van der Waals surface area contributed by atoms with Crippen LogP contribution in [0.25, 0.3) is 17.0 Å². The number of nitrogens with one attached hydrogen (secondary N) is 1. The van der Waals surface area contributed by atoms with E-state index in [0.717, 1.165) is 26.9 Å². The van der Waals surface area contributed by atoms with E-state index >= 15 is 0 Å². The molecule has 31 heavy (non-hydrogen) atoms. The van der Waals surface area contributed by atoms with Crippen LogP contribution in [0, 0.1) is 25.2 Å². The lowest BCUT2D eigenvalue weighted by molar-refractivity contribution is -0.112. The molecule has 0 unspecified atom stereocenters. The SMILES string of the molecule is Cc1ccc(NC(=O)/C(C#N)=C/c2ccc(Sc3cccc4cccnc34)o2)cc1C. The van der Waals surface area contributed by atoms with Crippen LogP contribution in [0.1, 0.15) is 16.9 Å². The standard InChI is InChI=1S/C25H19N3O2S/c1-16-8-9-20(13-17(16)2)28-25(29)19(15-26)14-21-10-11-23(30-21)31-22-7-3-5-18-6-4-12-27-24(18)22/h3-14H,1-2H3,(H,28,29)/b19-14+. The second-order valence-electron chi connectivity index (χ2n) is 7.01. The van der Waals surface area contributed by atoms with E-state index in [0.29, 0.717) is 16.5 Å². The highest BCUT2D eigenvalue weighted by Crippen LogP contribution is 2.33. The zero-order chi connectivity index (χ0) is 21.8. The molecule has 0 spiro atoms. The number of hydrogen-bond acceptors (Lipinski definition) is 5. The van der Waals surface area contributed by atoms with Crippen LogP contribution in [0.2, 0.25) is 0 Å². The molecule has 0 aliphatic carbocycles. The molecule has 1 amide bonds. The fourth-order valence-corrected chi connectivity index (χ4v) is 3.95. The van der Waals surface area contributed by atoms with Gasteiger partial charge in [0.15, 0.2) is 5.09 Å². The third-order valence-electron chi connectivity index (χ3n) is 4.82. The number of aromatic nitrogens is 1. The summed E-state index contributed by atoms with van der Waals surface area (Å²) in [5.41, 5.74) is 3.71. The molecule has 0 saturated carbocycles. The number of para-hydroxylation sites is 1. The van der Waals surface area contributed by atoms with Gasteiger partial charge in [-0.1, -0.05) is 24.3 Å². The summed E-state index contributed by atoms with van der Waals surface area (Å²) in [6, 6.07) is 21.0. The van der Waals surface area contributed by atoms with E-state index in [4.69, 9.17) is 4.42 Å². The van der Waals surface area contributed by atoms with Crippen molar-refractivity contribution < 1.29 is 9.21 Å². The third kappa shape index (κ3) is 4.68. The molecule has 0 bridgehead atoms. The highest BCUT2D eigenvalue weighted by molar-refractivity contribution is 7.99. The molecule has 4 aromatic rings. The molecule has 2 aromatic carbocycles. The number of amides is 1. The molecule has 0 aliphatic heterocycles. The van der Waals surface area contributed by atoms with Crippen molar-refractivity contribution in [1.29, 1.82) is 5.26 Å². The van der Waals surface area contributed by atoms with Gasteiger partial charge >= 0.3 is 0 Å². The smallest absolute Gasteiger partial charge is 0.266 e. The van der Waals surface area contributed by atoms with Gasteiger partial charge in [-0.3, -0.25) is 9.78 Å². The minimum Gasteiger partial charge on any atom is -0.450 e. The van der Waals surface area contributed by atoms with Gasteiger partial charge in [-0.2, -0.15) is 5.26 Å². The van der Waals surface area contributed by atoms with E-state index in [1.807, 2.05) is 74.5 Å². The van der Waals surface area contributed by atoms with Crippen LogP contribution >= 0.6 is 11.8 Å². The Kier molecular flexibility index (Phi) is 5.87. The normalized spacial score (nSPS) is 11.3. The summed E-state index contributed by atoms with van der Waals surface area (Å²) in [6.45, 7) is 3.97. The summed E-state index contributed by atoms with van der Waals surface area (Å²) in [4.78, 5) is 17.9. The van der Waals surface area contributed by atoms with Gasteiger partial charge in [0.25, 0.3) is 5.91 Å². The van der Waals surface area contributed by atoms with E-state index < -0.39 is 5.91 Å². The van der Waals surface area contributed by atoms with Crippen molar-refractivity contribution >= 4 is 40.3 Å². The highest BCUT2D eigenvalue weighted by Gasteiger charge is 2.12. The van der Waals surface area contributed by atoms with Crippen LogP contribution < -0.4 is 5.32 Å². The number of carbonyl (C=O) groups excluding carboxylic acids is 1. The van der Waals surface area contributed by atoms with Gasteiger partial charge in [0.05, 0.1) is 5.52 Å². The maximum Gasteiger partial charge on any atom is 0.266 e. The number of nitriles is 1. The Labute approximate surface area is 184 Å². The lowest BCUT2D eigenvalue weighted by Crippen LogP contribution is -2.13. The van der Waals surface area contributed by atoms with Crippen LogP contribution in [0.4, 0.5) is 5.69 Å². The van der Waals surface area contributed by atoms with Gasteiger partial charge in [0.1, 0.15) is 17.4 Å². The quantitative estimate of drug-likeness (QED) is 0.307. The second kappa shape index (κ2) is 8.90. The monoisotopic (exact) mass is 425 g/mol. The summed E-state index contributed by atoms with van der Waals surface area (Å²) in [6.07, 6.45) is 3.21. The van der Waals surface area contributed by atoms with Gasteiger partial charge in [-0.25, -0.2) is 0 Å². The van der Waals surface area contributed by atoms with E-state index in [1.54, 1.807) is 12.3 Å². The molecule has 0 aliphatic rings. The minimum atomic E-state index is -0.477. The van der Waals surface area contributed by atoms with E-state index in [-0.39, 0.29) is 5.57 Å². The number of carbonyl (C=O) groups is 1. The largest absolute Gasteiger partial charge is 0.450 e. The molecule has 0 fully saturated rings. The number of furan rings is 1. The number of rotatable bonds is 5. The summed E-state index contributed by atoms with van der Waals surface area (Å²) < 4.78 is 5.83. The number of fused-ring (bicyclic) bond motifs is 1. The van der Waals surface area contributed by atoms with Crippen molar-refractivity contribution in [2.75, 3.05) is 5.32 Å². The Morgan fingerprint density at radius 3 is 2.74 bits per heavy atom. The molecule has 152 valence electrons. The Morgan fingerprint density at radius 2 is 1.94 bits per heavy atom. The lowest BCUT2D eigenvalue weighted by Gasteiger charge is -2.06. The summed E-state index contributed by atoms with van der Waals surface area (Å²) in [5.74, 6) is -0.0444. The number of aryl methyl sites for hydroxylation is 2. The fourth-order valence-electron chi connectivity index (χ4n) is 3.04. The first-order chi connectivity index (χ1) is 15.0. The first-order valence-electron chi connectivity index (χ1n) is 9.65. The average molecular weight is 426 g/mol. The maximum atomic E-state index is 12.5. The molecule has 2 heterocycles. The molecule has 0 saturated heterocycles. The number of pyridine rings is 1. The van der Waals surface area contributed by atoms with Gasteiger partial charge in [-0.15, -0.1) is 0 Å². The molecule has 6 heteroatoms. The molecular weight excluding hydrogens is 406 g/mol. The highest BCUT2D eigenvalue weighted by atomic mass is 32.2. The van der Waals surface area contributed by atoms with Crippen LogP contribution in [-0.2, 0) is 4.79 Å². The van der Waals surface area contributed by atoms with Crippen molar-refractivity contribution in [3.8, 4) is 6.07 Å².